The Balaban J connectivity index is 0.000000490. The molecule has 0 aliphatic carbocycles. The molecule has 0 spiro atoms. The molecule has 1 rings (SSSR count). The maximum Gasteiger partial charge on any atom is 0.150 e. The van der Waals surface area contributed by atoms with E-state index in [9.17, 15) is 0 Å². The zero-order chi connectivity index (χ0) is 5.11. The van der Waals surface area contributed by atoms with E-state index in [1.54, 1.807) is 0 Å². The van der Waals surface area contributed by atoms with Crippen molar-refractivity contribution in [1.82, 2.24) is 0 Å². The van der Waals surface area contributed by atoms with Gasteiger partial charge in [-0.2, -0.15) is 0 Å². The lowest BCUT2D eigenvalue weighted by Gasteiger charge is -1.75. The van der Waals surface area contributed by atoms with E-state index in [1.807, 2.05) is 30.3 Å². The number of rotatable bonds is 0. The predicted molar refractivity (Wildman–Crippen MR) is 34.9 cm³/mol. The molecule has 0 heterocycles. The first kappa shape index (κ1) is 8.30. The lowest BCUT2D eigenvalue weighted by Crippen LogP contribution is -3.00. The van der Waals surface area contributed by atoms with Crippen molar-refractivity contribution in [3.63, 3.8) is 0 Å². The molecule has 0 unspecified atom stereocenters. The molecular formula is C6H7IS. The molecule has 0 aliphatic heterocycles. The van der Waals surface area contributed by atoms with Gasteiger partial charge in [-0.15, -0.1) is 0 Å². The fourth-order valence-corrected chi connectivity index (χ4v) is 0.631. The van der Waals surface area contributed by atoms with Crippen molar-refractivity contribution in [2.75, 3.05) is 0 Å². The Hall–Kier alpha value is 0.300. The molecule has 0 saturated carbocycles. The number of benzene rings is 1. The van der Waals surface area contributed by atoms with Crippen LogP contribution in [0.5, 0.6) is 0 Å². The highest BCUT2D eigenvalue weighted by molar-refractivity contribution is 7.58. The summed E-state index contributed by atoms with van der Waals surface area (Å²) in [5, 5.41) is 0. The summed E-state index contributed by atoms with van der Waals surface area (Å²) in [4.78, 5) is 1.13. The van der Waals surface area contributed by atoms with Crippen molar-refractivity contribution in [2.24, 2.45) is 0 Å². The minimum Gasteiger partial charge on any atom is -1.00 e. The standard InChI is InChI=1S/C6H6S.HI/c7-6-4-2-1-3-5-6;/h1-5,7H;1H. The molecule has 1 aromatic rings. The van der Waals surface area contributed by atoms with E-state index < -0.39 is 0 Å². The largest absolute Gasteiger partial charge is 1.00 e. The third kappa shape index (κ3) is 2.57. The maximum atomic E-state index is 3.36. The lowest BCUT2D eigenvalue weighted by molar-refractivity contribution is -0.00000132. The third-order valence-electron chi connectivity index (χ3n) is 0.774. The molecule has 0 bridgehead atoms. The summed E-state index contributed by atoms with van der Waals surface area (Å²) in [5.41, 5.74) is 0. The highest BCUT2D eigenvalue weighted by Gasteiger charge is 1.80. The average Bonchev–Trinajstić information content (AvgIpc) is 1.69. The van der Waals surface area contributed by atoms with Crippen LogP contribution in [0.4, 0.5) is 0 Å². The Morgan fingerprint density at radius 1 is 1.00 bits per heavy atom. The van der Waals surface area contributed by atoms with Crippen LogP contribution in [0.3, 0.4) is 0 Å². The summed E-state index contributed by atoms with van der Waals surface area (Å²) >= 11 is 3.36. The quantitative estimate of drug-likeness (QED) is 0.364. The summed E-state index contributed by atoms with van der Waals surface area (Å²) in [6.45, 7) is 0. The van der Waals surface area contributed by atoms with Gasteiger partial charge in [0.1, 0.15) is 4.90 Å². The Kier molecular flexibility index (Phi) is 4.36. The van der Waals surface area contributed by atoms with Crippen LogP contribution in [-0.2, 0) is 12.6 Å². The lowest BCUT2D eigenvalue weighted by atomic mass is 10.4. The number of halogens is 1. The summed E-state index contributed by atoms with van der Waals surface area (Å²) in [6.07, 6.45) is 0. The van der Waals surface area contributed by atoms with Crippen LogP contribution >= 0.6 is 0 Å². The smallest absolute Gasteiger partial charge is 0.150 e. The topological polar surface area (TPSA) is 0 Å². The van der Waals surface area contributed by atoms with E-state index in [1.165, 1.54) is 0 Å². The molecule has 0 N–H and O–H groups in total. The highest BCUT2D eigenvalue weighted by atomic mass is 127. The van der Waals surface area contributed by atoms with Gasteiger partial charge in [0.15, 0.2) is 0 Å². The minimum absolute atomic E-state index is 0. The van der Waals surface area contributed by atoms with Crippen LogP contribution in [0.15, 0.2) is 35.2 Å². The molecule has 0 atom stereocenters. The van der Waals surface area contributed by atoms with Crippen molar-refractivity contribution in [3.8, 4) is 0 Å². The highest BCUT2D eigenvalue weighted by Crippen LogP contribution is 1.92. The first-order chi connectivity index (χ1) is 3.39. The van der Waals surface area contributed by atoms with Gasteiger partial charge in [0.05, 0.1) is 0 Å². The molecule has 0 amide bonds. The molecule has 1 aromatic carbocycles. The van der Waals surface area contributed by atoms with Gasteiger partial charge >= 0.3 is 0 Å². The summed E-state index contributed by atoms with van der Waals surface area (Å²) in [6, 6.07) is 9.96. The van der Waals surface area contributed by atoms with E-state index in [4.69, 9.17) is 0 Å². The van der Waals surface area contributed by atoms with E-state index >= 15 is 0 Å². The minimum atomic E-state index is 0. The Bertz CT molecular complexity index is 138. The van der Waals surface area contributed by atoms with E-state index in [0.29, 0.717) is 0 Å². The molecule has 0 nitrogen and oxygen atoms in total. The molecule has 44 valence electrons. The molecule has 0 radical (unpaired) electrons. The second-order valence-corrected chi connectivity index (χ2v) is 1.94. The third-order valence-corrected chi connectivity index (χ3v) is 1.11. The fraction of sp³-hybridized carbons (Fsp3) is 0. The van der Waals surface area contributed by atoms with Crippen molar-refractivity contribution in [3.05, 3.63) is 30.3 Å². The normalized spacial score (nSPS) is 7.62. The van der Waals surface area contributed by atoms with Gasteiger partial charge in [0.2, 0.25) is 0 Å². The fourth-order valence-electron chi connectivity index (χ4n) is 0.438. The SMILES string of the molecule is [I-].[SH2+]c1ccccc1. The van der Waals surface area contributed by atoms with Gasteiger partial charge in [0.25, 0.3) is 0 Å². The molecule has 0 aliphatic rings. The van der Waals surface area contributed by atoms with Crippen molar-refractivity contribution >= 4 is 12.6 Å². The number of hydrogen-bond donors (Lipinski definition) is 0. The van der Waals surface area contributed by atoms with Crippen LogP contribution in [0, 0.1) is 0 Å². The molecule has 0 aromatic heterocycles. The zero-order valence-electron chi connectivity index (χ0n) is 4.26. The molecule has 8 heavy (non-hydrogen) atoms. The van der Waals surface area contributed by atoms with Crippen LogP contribution in [0.1, 0.15) is 0 Å². The summed E-state index contributed by atoms with van der Waals surface area (Å²) in [7, 11) is 0. The van der Waals surface area contributed by atoms with Gasteiger partial charge in [0, 0.05) is 0 Å². The second kappa shape index (κ2) is 4.21. The maximum absolute atomic E-state index is 3.36. The van der Waals surface area contributed by atoms with Gasteiger partial charge in [-0.25, -0.2) is 0 Å². The second-order valence-electron chi connectivity index (χ2n) is 1.37. The molecule has 0 saturated heterocycles. The Morgan fingerprint density at radius 2 is 1.50 bits per heavy atom. The number of hydrogen-bond acceptors (Lipinski definition) is 0. The average molecular weight is 238 g/mol. The van der Waals surface area contributed by atoms with Crippen molar-refractivity contribution in [2.45, 2.75) is 4.90 Å². The summed E-state index contributed by atoms with van der Waals surface area (Å²) < 4.78 is 0. The van der Waals surface area contributed by atoms with Crippen molar-refractivity contribution in [1.29, 1.82) is 0 Å². The predicted octanol–water partition coefficient (Wildman–Crippen LogP) is -1.94. The van der Waals surface area contributed by atoms with Crippen LogP contribution in [0.2, 0.25) is 0 Å². The van der Waals surface area contributed by atoms with Gasteiger partial charge in [-0.1, -0.05) is 18.2 Å². The monoisotopic (exact) mass is 238 g/mol. The van der Waals surface area contributed by atoms with Crippen molar-refractivity contribution < 1.29 is 24.0 Å². The van der Waals surface area contributed by atoms with Gasteiger partial charge in [-0.3, -0.25) is 0 Å². The molecule has 0 fully saturated rings. The zero-order valence-corrected chi connectivity index (χ0v) is 7.42. The summed E-state index contributed by atoms with van der Waals surface area (Å²) in [5.74, 6) is 0. The Labute approximate surface area is 71.7 Å². The van der Waals surface area contributed by atoms with Crippen LogP contribution in [0.25, 0.3) is 0 Å². The Morgan fingerprint density at radius 3 is 1.75 bits per heavy atom. The van der Waals surface area contributed by atoms with E-state index in [-0.39, 0.29) is 24.0 Å². The first-order valence-corrected chi connectivity index (χ1v) is 2.66. The van der Waals surface area contributed by atoms with Crippen LogP contribution < -0.4 is 24.0 Å². The van der Waals surface area contributed by atoms with E-state index in [0.717, 1.165) is 4.90 Å². The first-order valence-electron chi connectivity index (χ1n) is 2.16. The van der Waals surface area contributed by atoms with Gasteiger partial charge < -0.3 is 24.0 Å². The van der Waals surface area contributed by atoms with Crippen LogP contribution in [-0.4, -0.2) is 0 Å². The van der Waals surface area contributed by atoms with Gasteiger partial charge in [-0.05, 0) is 24.8 Å². The molecular weight excluding hydrogens is 231 g/mol. The molecule has 2 heteroatoms. The van der Waals surface area contributed by atoms with E-state index in [2.05, 4.69) is 12.6 Å².